The molecule has 9 heteroatoms. The molecule has 3 N–H and O–H groups in total. The molecule has 1 aromatic carbocycles. The summed E-state index contributed by atoms with van der Waals surface area (Å²) in [6.07, 6.45) is 7.82. The van der Waals surface area contributed by atoms with E-state index in [9.17, 15) is 13.2 Å². The Morgan fingerprint density at radius 3 is 2.96 bits per heavy atom. The fourth-order valence-electron chi connectivity index (χ4n) is 3.61. The topological polar surface area (TPSA) is 105 Å². The average Bonchev–Trinajstić information content (AvgIpc) is 2.60. The number of carbonyl (C=O) groups is 1. The number of halogens is 1. The molecule has 0 radical (unpaired) electrons. The number of sulfonamides is 1. The molecule has 2 heterocycles. The zero-order valence-corrected chi connectivity index (χ0v) is 16.2. The Bertz CT molecular complexity index is 969. The molecule has 2 aliphatic heterocycles. The highest BCUT2D eigenvalue weighted by Crippen LogP contribution is 2.31. The highest BCUT2D eigenvalue weighted by Gasteiger charge is 2.31. The second-order valence-electron chi connectivity index (χ2n) is 6.69. The molecule has 1 aliphatic carbocycles. The van der Waals surface area contributed by atoms with E-state index < -0.39 is 10.0 Å². The quantitative estimate of drug-likeness (QED) is 0.724. The van der Waals surface area contributed by atoms with E-state index >= 15 is 0 Å². The van der Waals surface area contributed by atoms with E-state index in [0.717, 1.165) is 30.4 Å². The molecule has 0 saturated carbocycles. The van der Waals surface area contributed by atoms with Gasteiger partial charge < -0.3 is 16.0 Å². The minimum atomic E-state index is -3.53. The van der Waals surface area contributed by atoms with Crippen molar-refractivity contribution < 1.29 is 13.2 Å². The number of anilines is 1. The Hall–Kier alpha value is -2.32. The number of nitrogens with one attached hydrogen (secondary N) is 1. The maximum absolute atomic E-state index is 12.9. The van der Waals surface area contributed by atoms with Gasteiger partial charge in [-0.2, -0.15) is 0 Å². The number of amides is 1. The molecule has 0 aromatic heterocycles. The van der Waals surface area contributed by atoms with Crippen LogP contribution in [0.4, 0.5) is 5.69 Å². The van der Waals surface area contributed by atoms with Gasteiger partial charge in [-0.1, -0.05) is 6.07 Å². The zero-order chi connectivity index (χ0) is 18.3. The highest BCUT2D eigenvalue weighted by molar-refractivity contribution is 7.90. The fraction of sp³-hybridized carbons (Fsp3) is 0.333. The number of nitrogens with two attached hydrogens (primary N) is 1. The molecule has 1 atom stereocenters. The summed E-state index contributed by atoms with van der Waals surface area (Å²) in [7, 11) is -3.53. The Morgan fingerprint density at radius 2 is 2.15 bits per heavy atom. The van der Waals surface area contributed by atoms with Crippen molar-refractivity contribution in [1.82, 2.24) is 10.2 Å². The van der Waals surface area contributed by atoms with Gasteiger partial charge >= 0.3 is 0 Å². The predicted octanol–water partition coefficient (Wildman–Crippen LogP) is 1.68. The Morgan fingerprint density at radius 1 is 1.33 bits per heavy atom. The van der Waals surface area contributed by atoms with E-state index in [4.69, 9.17) is 5.73 Å². The lowest BCUT2D eigenvalue weighted by Gasteiger charge is -2.31. The van der Waals surface area contributed by atoms with E-state index in [1.54, 1.807) is 23.3 Å². The van der Waals surface area contributed by atoms with Crippen LogP contribution in [0.25, 0.3) is 0 Å². The number of nitrogens with zero attached hydrogens (tertiary/aromatic N) is 2. The third-order valence-electron chi connectivity index (χ3n) is 4.89. The summed E-state index contributed by atoms with van der Waals surface area (Å²) in [5, 5.41) is 3.04. The Kier molecular flexibility index (Phi) is 5.30. The summed E-state index contributed by atoms with van der Waals surface area (Å²) >= 11 is 0. The minimum absolute atomic E-state index is 0. The summed E-state index contributed by atoms with van der Waals surface area (Å²) in [5.74, 6) is -0.165. The number of carbonyl (C=O) groups excluding carboxylic acids is 1. The van der Waals surface area contributed by atoms with Crippen molar-refractivity contribution in [2.45, 2.75) is 25.3 Å². The molecule has 144 valence electrons. The van der Waals surface area contributed by atoms with Crippen molar-refractivity contribution in [3.05, 3.63) is 53.3 Å². The van der Waals surface area contributed by atoms with Crippen LogP contribution in [0.5, 0.6) is 0 Å². The molecule has 7 nitrogen and oxygen atoms in total. The second-order valence-corrected chi connectivity index (χ2v) is 8.45. The first kappa shape index (κ1) is 19.4. The molecule has 27 heavy (non-hydrogen) atoms. The molecule has 1 aromatic rings. The van der Waals surface area contributed by atoms with Crippen molar-refractivity contribution in [1.29, 1.82) is 0 Å². The Balaban J connectivity index is 0.00000210. The maximum atomic E-state index is 12.9. The molecule has 1 unspecified atom stereocenters. The van der Waals surface area contributed by atoms with Gasteiger partial charge in [0.1, 0.15) is 0 Å². The van der Waals surface area contributed by atoms with E-state index in [1.807, 2.05) is 18.2 Å². The van der Waals surface area contributed by atoms with E-state index in [2.05, 4.69) is 9.71 Å². The molecule has 3 aliphatic rings. The lowest BCUT2D eigenvalue weighted by molar-refractivity contribution is -0.117. The minimum Gasteiger partial charge on any atom is -0.399 e. The van der Waals surface area contributed by atoms with Crippen LogP contribution in [0.2, 0.25) is 0 Å². The first-order valence-corrected chi connectivity index (χ1v) is 10.2. The van der Waals surface area contributed by atoms with Gasteiger partial charge in [-0.05, 0) is 54.7 Å². The molecule has 1 amide bonds. The average molecular weight is 409 g/mol. The van der Waals surface area contributed by atoms with Crippen LogP contribution in [0.1, 0.15) is 30.0 Å². The van der Waals surface area contributed by atoms with Crippen molar-refractivity contribution in [2.75, 3.05) is 18.0 Å². The largest absolute Gasteiger partial charge is 0.399 e. The fourth-order valence-corrected chi connectivity index (χ4v) is 4.60. The SMILES string of the molecule is Cl.Nc1ccc2c(c1)CCCC2NC(=O)C1=CC=CN2CCS(=O)(=O)N=C12. The molecule has 4 rings (SSSR count). The predicted molar refractivity (Wildman–Crippen MR) is 107 cm³/mol. The summed E-state index contributed by atoms with van der Waals surface area (Å²) in [6.45, 7) is 0.299. The van der Waals surface area contributed by atoms with Crippen LogP contribution >= 0.6 is 12.4 Å². The van der Waals surface area contributed by atoms with Gasteiger partial charge in [0, 0.05) is 18.4 Å². The lowest BCUT2D eigenvalue weighted by Crippen LogP contribution is -2.43. The molecular weight excluding hydrogens is 388 g/mol. The van der Waals surface area contributed by atoms with Gasteiger partial charge in [0.2, 0.25) is 0 Å². The third kappa shape index (κ3) is 3.86. The first-order valence-electron chi connectivity index (χ1n) is 8.60. The van der Waals surface area contributed by atoms with Crippen LogP contribution in [-0.2, 0) is 21.2 Å². The molecular formula is C18H21ClN4O3S. The number of fused-ring (bicyclic) bond motifs is 2. The van der Waals surface area contributed by atoms with E-state index in [1.165, 1.54) is 0 Å². The molecule has 0 spiro atoms. The van der Waals surface area contributed by atoms with Crippen LogP contribution in [0.15, 0.2) is 46.5 Å². The first-order chi connectivity index (χ1) is 12.4. The summed E-state index contributed by atoms with van der Waals surface area (Å²) in [6, 6.07) is 5.63. The second kappa shape index (κ2) is 7.36. The van der Waals surface area contributed by atoms with Crippen LogP contribution < -0.4 is 11.1 Å². The number of aryl methyl sites for hydroxylation is 1. The van der Waals surface area contributed by atoms with E-state index in [0.29, 0.717) is 12.2 Å². The highest BCUT2D eigenvalue weighted by atomic mass is 35.5. The number of rotatable bonds is 2. The number of hydrogen-bond donors (Lipinski definition) is 2. The normalized spacial score (nSPS) is 22.5. The summed E-state index contributed by atoms with van der Waals surface area (Å²) in [5.41, 5.74) is 9.08. The van der Waals surface area contributed by atoms with Gasteiger partial charge in [0.25, 0.3) is 15.9 Å². The Labute approximate surface area is 164 Å². The number of nitrogen functional groups attached to an aromatic ring is 1. The number of benzene rings is 1. The standard InChI is InChI=1S/C18H20N4O3S.ClH/c19-13-6-7-14-12(11-13)3-1-5-16(14)20-18(23)15-4-2-8-22-9-10-26(24,25)21-17(15)22;/h2,4,6-8,11,16H,1,3,5,9-10,19H2,(H,20,23);1H. The molecule has 0 fully saturated rings. The molecule has 0 saturated heterocycles. The van der Waals surface area contributed by atoms with Crippen molar-refractivity contribution in [2.24, 2.45) is 4.40 Å². The number of amidine groups is 1. The summed E-state index contributed by atoms with van der Waals surface area (Å²) < 4.78 is 27.5. The number of hydrogen-bond acceptors (Lipinski definition) is 5. The van der Waals surface area contributed by atoms with E-state index in [-0.39, 0.29) is 41.5 Å². The van der Waals surface area contributed by atoms with Crippen molar-refractivity contribution in [3.63, 3.8) is 0 Å². The van der Waals surface area contributed by atoms with Crippen molar-refractivity contribution in [3.8, 4) is 0 Å². The van der Waals surface area contributed by atoms with Gasteiger partial charge in [-0.25, -0.2) is 8.42 Å². The van der Waals surface area contributed by atoms with Crippen molar-refractivity contribution >= 4 is 39.9 Å². The molecule has 0 bridgehead atoms. The van der Waals surface area contributed by atoms with Crippen LogP contribution in [0.3, 0.4) is 0 Å². The monoisotopic (exact) mass is 408 g/mol. The lowest BCUT2D eigenvalue weighted by atomic mass is 9.87. The van der Waals surface area contributed by atoms with Gasteiger partial charge in [-0.3, -0.25) is 4.79 Å². The number of allylic oxidation sites excluding steroid dienone is 2. The van der Waals surface area contributed by atoms with Crippen LogP contribution in [-0.4, -0.2) is 37.4 Å². The zero-order valence-electron chi connectivity index (χ0n) is 14.6. The smallest absolute Gasteiger partial charge is 0.256 e. The third-order valence-corrected chi connectivity index (χ3v) is 6.04. The van der Waals surface area contributed by atoms with Gasteiger partial charge in [-0.15, -0.1) is 16.8 Å². The van der Waals surface area contributed by atoms with Gasteiger partial charge in [0.15, 0.2) is 5.84 Å². The summed E-state index contributed by atoms with van der Waals surface area (Å²) in [4.78, 5) is 14.6. The maximum Gasteiger partial charge on any atom is 0.256 e. The van der Waals surface area contributed by atoms with Crippen LogP contribution in [0, 0.1) is 0 Å². The van der Waals surface area contributed by atoms with Gasteiger partial charge in [0.05, 0.1) is 17.4 Å².